The van der Waals surface area contributed by atoms with Gasteiger partial charge < -0.3 is 10.2 Å². The molecule has 1 aliphatic carbocycles. The summed E-state index contributed by atoms with van der Waals surface area (Å²) in [6, 6.07) is 16.4. The molecule has 196 valence electrons. The molecule has 2 aromatic rings. The number of amides is 2. The number of sulfonamides is 1. The maximum Gasteiger partial charge on any atom is 0.244 e. The van der Waals surface area contributed by atoms with E-state index in [1.54, 1.807) is 19.1 Å². The molecule has 0 bridgehead atoms. The van der Waals surface area contributed by atoms with Crippen molar-refractivity contribution < 1.29 is 18.0 Å². The summed E-state index contributed by atoms with van der Waals surface area (Å²) in [5.41, 5.74) is 2.39. The Bertz CT molecular complexity index is 1110. The molecule has 0 aromatic heterocycles. The third-order valence-electron chi connectivity index (χ3n) is 6.92. The highest BCUT2D eigenvalue weighted by Gasteiger charge is 2.31. The van der Waals surface area contributed by atoms with Gasteiger partial charge in [-0.3, -0.25) is 13.9 Å². The van der Waals surface area contributed by atoms with Crippen LogP contribution in [0.15, 0.2) is 54.6 Å². The zero-order valence-corrected chi connectivity index (χ0v) is 22.5. The van der Waals surface area contributed by atoms with Gasteiger partial charge in [-0.05, 0) is 49.8 Å². The van der Waals surface area contributed by atoms with Gasteiger partial charge in [0.05, 0.1) is 11.9 Å². The monoisotopic (exact) mass is 513 g/mol. The Kier molecular flexibility index (Phi) is 9.93. The zero-order chi connectivity index (χ0) is 26.1. The van der Waals surface area contributed by atoms with E-state index < -0.39 is 22.0 Å². The fourth-order valence-corrected chi connectivity index (χ4v) is 5.67. The van der Waals surface area contributed by atoms with Crippen LogP contribution in [0.2, 0.25) is 0 Å². The maximum atomic E-state index is 13.7. The topological polar surface area (TPSA) is 86.8 Å². The highest BCUT2D eigenvalue weighted by Crippen LogP contribution is 2.24. The van der Waals surface area contributed by atoms with Gasteiger partial charge in [0, 0.05) is 12.6 Å². The number of aryl methyl sites for hydroxylation is 1. The summed E-state index contributed by atoms with van der Waals surface area (Å²) in [6.07, 6.45) is 7.58. The van der Waals surface area contributed by atoms with Gasteiger partial charge in [0.2, 0.25) is 21.8 Å². The number of para-hydroxylation sites is 1. The van der Waals surface area contributed by atoms with Crippen LogP contribution in [0.4, 0.5) is 5.69 Å². The van der Waals surface area contributed by atoms with Gasteiger partial charge in [0.15, 0.2) is 0 Å². The SMILES string of the molecule is CCc1ccccc1N(CC(=O)N(CCc1ccccc1)[C@@H](C)C(=O)NC1CCCCC1)S(C)(=O)=O. The van der Waals surface area contributed by atoms with Crippen molar-refractivity contribution >= 4 is 27.5 Å². The van der Waals surface area contributed by atoms with Gasteiger partial charge in [-0.1, -0.05) is 74.7 Å². The summed E-state index contributed by atoms with van der Waals surface area (Å²) in [6.45, 7) is 3.64. The second-order valence-corrected chi connectivity index (χ2v) is 11.5. The van der Waals surface area contributed by atoms with Crippen molar-refractivity contribution in [1.82, 2.24) is 10.2 Å². The number of anilines is 1. The molecule has 0 heterocycles. The van der Waals surface area contributed by atoms with E-state index in [9.17, 15) is 18.0 Å². The molecular formula is C28H39N3O4S. The van der Waals surface area contributed by atoms with Crippen LogP contribution in [-0.2, 0) is 32.5 Å². The number of nitrogens with zero attached hydrogens (tertiary/aromatic N) is 2. The van der Waals surface area contributed by atoms with Crippen molar-refractivity contribution in [3.05, 3.63) is 65.7 Å². The molecule has 1 N–H and O–H groups in total. The first-order chi connectivity index (χ1) is 17.2. The van der Waals surface area contributed by atoms with Crippen LogP contribution < -0.4 is 9.62 Å². The fourth-order valence-electron chi connectivity index (χ4n) is 4.79. The molecule has 2 amide bonds. The number of benzene rings is 2. The minimum absolute atomic E-state index is 0.128. The highest BCUT2D eigenvalue weighted by atomic mass is 32.2. The van der Waals surface area contributed by atoms with Crippen LogP contribution in [0.1, 0.15) is 57.1 Å². The molecule has 0 unspecified atom stereocenters. The molecule has 2 aromatic carbocycles. The predicted octanol–water partition coefficient (Wildman–Crippen LogP) is 3.92. The van der Waals surface area contributed by atoms with Crippen LogP contribution >= 0.6 is 0 Å². The molecule has 1 aliphatic rings. The Morgan fingerprint density at radius 2 is 1.64 bits per heavy atom. The molecule has 0 spiro atoms. The first-order valence-corrected chi connectivity index (χ1v) is 14.7. The first-order valence-electron chi connectivity index (χ1n) is 12.9. The van der Waals surface area contributed by atoms with Gasteiger partial charge in [0.25, 0.3) is 0 Å². The summed E-state index contributed by atoms with van der Waals surface area (Å²) >= 11 is 0. The van der Waals surface area contributed by atoms with Crippen molar-refractivity contribution in [1.29, 1.82) is 0 Å². The maximum absolute atomic E-state index is 13.7. The highest BCUT2D eigenvalue weighted by molar-refractivity contribution is 7.92. The summed E-state index contributed by atoms with van der Waals surface area (Å²) in [5.74, 6) is -0.586. The van der Waals surface area contributed by atoms with Gasteiger partial charge in [0.1, 0.15) is 12.6 Å². The molecule has 1 fully saturated rings. The quantitative estimate of drug-likeness (QED) is 0.493. The van der Waals surface area contributed by atoms with Crippen LogP contribution in [0.5, 0.6) is 0 Å². The van der Waals surface area contributed by atoms with Gasteiger partial charge in [-0.15, -0.1) is 0 Å². The van der Waals surface area contributed by atoms with Gasteiger partial charge in [-0.25, -0.2) is 8.42 Å². The van der Waals surface area contributed by atoms with E-state index in [0.29, 0.717) is 25.1 Å². The Morgan fingerprint density at radius 3 is 2.28 bits per heavy atom. The lowest BCUT2D eigenvalue weighted by Gasteiger charge is -2.33. The smallest absolute Gasteiger partial charge is 0.244 e. The third-order valence-corrected chi connectivity index (χ3v) is 8.05. The van der Waals surface area contributed by atoms with Crippen molar-refractivity contribution in [2.45, 2.75) is 70.9 Å². The molecule has 36 heavy (non-hydrogen) atoms. The Balaban J connectivity index is 1.84. The lowest BCUT2D eigenvalue weighted by atomic mass is 9.95. The van der Waals surface area contributed by atoms with Gasteiger partial charge in [-0.2, -0.15) is 0 Å². The zero-order valence-electron chi connectivity index (χ0n) is 21.7. The van der Waals surface area contributed by atoms with E-state index in [1.165, 1.54) is 11.3 Å². The summed E-state index contributed by atoms with van der Waals surface area (Å²) in [4.78, 5) is 28.4. The molecular weight excluding hydrogens is 474 g/mol. The van der Waals surface area contributed by atoms with Crippen LogP contribution in [-0.4, -0.2) is 56.6 Å². The lowest BCUT2D eigenvalue weighted by molar-refractivity contribution is -0.139. The number of hydrogen-bond donors (Lipinski definition) is 1. The average Bonchev–Trinajstić information content (AvgIpc) is 2.87. The molecule has 1 atom stereocenters. The molecule has 1 saturated carbocycles. The second kappa shape index (κ2) is 12.9. The second-order valence-electron chi connectivity index (χ2n) is 9.59. The van der Waals surface area contributed by atoms with Crippen molar-refractivity contribution in [3.8, 4) is 0 Å². The van der Waals surface area contributed by atoms with Crippen molar-refractivity contribution in [2.24, 2.45) is 0 Å². The van der Waals surface area contributed by atoms with Crippen LogP contribution in [0, 0.1) is 0 Å². The van der Waals surface area contributed by atoms with E-state index in [1.807, 2.05) is 49.4 Å². The third kappa shape index (κ3) is 7.56. The number of carbonyl (C=O) groups is 2. The van der Waals surface area contributed by atoms with Crippen LogP contribution in [0.25, 0.3) is 0 Å². The minimum atomic E-state index is -3.73. The van der Waals surface area contributed by atoms with E-state index in [-0.39, 0.29) is 18.5 Å². The predicted molar refractivity (Wildman–Crippen MR) is 144 cm³/mol. The Hall–Kier alpha value is -2.87. The van der Waals surface area contributed by atoms with Crippen molar-refractivity contribution in [3.63, 3.8) is 0 Å². The van der Waals surface area contributed by atoms with E-state index in [0.717, 1.165) is 47.4 Å². The van der Waals surface area contributed by atoms with E-state index >= 15 is 0 Å². The molecule has 7 nitrogen and oxygen atoms in total. The summed E-state index contributed by atoms with van der Waals surface area (Å²) < 4.78 is 26.7. The first kappa shape index (κ1) is 27.7. The summed E-state index contributed by atoms with van der Waals surface area (Å²) in [5, 5.41) is 3.12. The number of carbonyl (C=O) groups excluding carboxylic acids is 2. The molecule has 0 radical (unpaired) electrons. The molecule has 0 saturated heterocycles. The molecule has 8 heteroatoms. The lowest BCUT2D eigenvalue weighted by Crippen LogP contribution is -2.53. The number of nitrogens with one attached hydrogen (secondary N) is 1. The normalized spacial score (nSPS) is 15.2. The number of rotatable bonds is 11. The van der Waals surface area contributed by atoms with Crippen molar-refractivity contribution in [2.75, 3.05) is 23.7 Å². The van der Waals surface area contributed by atoms with E-state index in [2.05, 4.69) is 5.32 Å². The Labute approximate surface area is 215 Å². The van der Waals surface area contributed by atoms with E-state index in [4.69, 9.17) is 0 Å². The standard InChI is InChI=1S/C28H39N3O4S/c1-4-24-15-11-12-18-26(24)31(36(3,34)35)21-27(32)30(20-19-23-13-7-5-8-14-23)22(2)28(33)29-25-16-9-6-10-17-25/h5,7-8,11-15,18,22,25H,4,6,9-10,16-17,19-21H2,1-3H3,(H,29,33)/t22-/m0/s1. The summed E-state index contributed by atoms with van der Waals surface area (Å²) in [7, 11) is -3.73. The molecule has 3 rings (SSSR count). The minimum Gasteiger partial charge on any atom is -0.352 e. The fraction of sp³-hybridized carbons (Fsp3) is 0.500. The van der Waals surface area contributed by atoms with Gasteiger partial charge >= 0.3 is 0 Å². The van der Waals surface area contributed by atoms with Crippen LogP contribution in [0.3, 0.4) is 0 Å². The largest absolute Gasteiger partial charge is 0.352 e. The molecule has 0 aliphatic heterocycles. The number of hydrogen-bond acceptors (Lipinski definition) is 4. The average molecular weight is 514 g/mol. The Morgan fingerprint density at radius 1 is 1.00 bits per heavy atom.